The van der Waals surface area contributed by atoms with Crippen LogP contribution in [0.4, 0.5) is 10.7 Å². The number of nitro groups is 1. The average molecular weight is 414 g/mol. The zero-order valence-electron chi connectivity index (χ0n) is 16.1. The number of nitrogens with zero attached hydrogens (tertiary/aromatic N) is 1. The molecular formula is C21H22N2O5S. The van der Waals surface area contributed by atoms with E-state index in [4.69, 9.17) is 4.74 Å². The molecule has 1 heterocycles. The second kappa shape index (κ2) is 9.47. The summed E-state index contributed by atoms with van der Waals surface area (Å²) in [4.78, 5) is 36.3. The lowest BCUT2D eigenvalue weighted by Crippen LogP contribution is -2.14. The van der Waals surface area contributed by atoms with E-state index in [1.54, 1.807) is 18.2 Å². The number of nitro benzene ring substituents is 1. The van der Waals surface area contributed by atoms with Gasteiger partial charge in [0.15, 0.2) is 0 Å². The Hall–Kier alpha value is -3.00. The number of non-ortho nitro benzene ring substituents is 1. The Morgan fingerprint density at radius 2 is 1.97 bits per heavy atom. The minimum absolute atomic E-state index is 0.00833. The second-order valence-electron chi connectivity index (χ2n) is 6.72. The third-order valence-corrected chi connectivity index (χ3v) is 5.79. The topological polar surface area (TPSA) is 98.5 Å². The van der Waals surface area contributed by atoms with Gasteiger partial charge in [-0.3, -0.25) is 14.9 Å². The third-order valence-electron chi connectivity index (χ3n) is 4.58. The SMILES string of the molecule is CCCOC(=O)c1c(NC(=O)/C=C\c2ccc([N+](=O)[O-])cc2)sc2c1CCCC2. The van der Waals surface area contributed by atoms with Crippen molar-refractivity contribution in [1.29, 1.82) is 0 Å². The molecule has 3 rings (SSSR count). The molecule has 1 amide bonds. The van der Waals surface area contributed by atoms with Crippen LogP contribution in [0.1, 0.15) is 52.5 Å². The first-order valence-electron chi connectivity index (χ1n) is 9.54. The van der Waals surface area contributed by atoms with E-state index >= 15 is 0 Å². The number of aryl methyl sites for hydroxylation is 1. The number of benzene rings is 1. The van der Waals surface area contributed by atoms with Gasteiger partial charge in [-0.05, 0) is 61.4 Å². The zero-order chi connectivity index (χ0) is 20.8. The van der Waals surface area contributed by atoms with Gasteiger partial charge in [-0.25, -0.2) is 4.79 Å². The van der Waals surface area contributed by atoms with E-state index in [0.717, 1.165) is 42.5 Å². The molecule has 1 aliphatic carbocycles. The van der Waals surface area contributed by atoms with Gasteiger partial charge in [-0.15, -0.1) is 11.3 Å². The van der Waals surface area contributed by atoms with Crippen molar-refractivity contribution in [2.24, 2.45) is 0 Å². The van der Waals surface area contributed by atoms with Crippen LogP contribution in [0.5, 0.6) is 0 Å². The summed E-state index contributed by atoms with van der Waals surface area (Å²) < 4.78 is 5.33. The molecule has 7 nitrogen and oxygen atoms in total. The molecule has 0 radical (unpaired) electrons. The van der Waals surface area contributed by atoms with Gasteiger partial charge >= 0.3 is 5.97 Å². The van der Waals surface area contributed by atoms with E-state index in [1.165, 1.54) is 29.5 Å². The van der Waals surface area contributed by atoms with Crippen LogP contribution in [0.3, 0.4) is 0 Å². The minimum Gasteiger partial charge on any atom is -0.462 e. The number of carbonyl (C=O) groups is 2. The maximum absolute atomic E-state index is 12.6. The Balaban J connectivity index is 1.76. The van der Waals surface area contributed by atoms with Crippen LogP contribution in [-0.4, -0.2) is 23.4 Å². The third kappa shape index (κ3) is 5.08. The number of fused-ring (bicyclic) bond motifs is 1. The molecule has 0 fully saturated rings. The molecule has 0 saturated carbocycles. The van der Waals surface area contributed by atoms with E-state index in [1.807, 2.05) is 6.92 Å². The summed E-state index contributed by atoms with van der Waals surface area (Å²) in [5.74, 6) is -0.757. The summed E-state index contributed by atoms with van der Waals surface area (Å²) in [6.45, 7) is 2.28. The molecule has 2 aromatic rings. The highest BCUT2D eigenvalue weighted by Crippen LogP contribution is 2.38. The second-order valence-corrected chi connectivity index (χ2v) is 7.83. The summed E-state index contributed by atoms with van der Waals surface area (Å²) in [6, 6.07) is 5.90. The molecule has 0 atom stereocenters. The van der Waals surface area contributed by atoms with Gasteiger partial charge < -0.3 is 10.1 Å². The first kappa shape index (κ1) is 20.7. The van der Waals surface area contributed by atoms with Crippen molar-refractivity contribution >= 4 is 40.0 Å². The number of carbonyl (C=O) groups excluding carboxylic acids is 2. The minimum atomic E-state index is -0.474. The van der Waals surface area contributed by atoms with Gasteiger partial charge in [0.25, 0.3) is 5.69 Å². The molecule has 152 valence electrons. The molecule has 1 aromatic carbocycles. The highest BCUT2D eigenvalue weighted by molar-refractivity contribution is 7.17. The van der Waals surface area contributed by atoms with E-state index in [2.05, 4.69) is 5.32 Å². The van der Waals surface area contributed by atoms with Crippen LogP contribution in [0, 0.1) is 10.1 Å². The fraction of sp³-hybridized carbons (Fsp3) is 0.333. The number of rotatable bonds is 7. The number of ether oxygens (including phenoxy) is 1. The predicted octanol–water partition coefficient (Wildman–Crippen LogP) is 4.75. The molecule has 0 bridgehead atoms. The maximum atomic E-state index is 12.6. The van der Waals surface area contributed by atoms with Crippen molar-refractivity contribution in [2.45, 2.75) is 39.0 Å². The normalized spacial score (nSPS) is 13.1. The fourth-order valence-electron chi connectivity index (χ4n) is 3.17. The van der Waals surface area contributed by atoms with Crippen LogP contribution in [0.25, 0.3) is 6.08 Å². The summed E-state index contributed by atoms with van der Waals surface area (Å²) in [7, 11) is 0. The lowest BCUT2D eigenvalue weighted by molar-refractivity contribution is -0.384. The number of hydrogen-bond donors (Lipinski definition) is 1. The summed E-state index contributed by atoms with van der Waals surface area (Å²) in [6.07, 6.45) is 7.47. The van der Waals surface area contributed by atoms with Crippen LogP contribution in [0.15, 0.2) is 30.3 Å². The molecule has 0 saturated heterocycles. The number of anilines is 1. The van der Waals surface area contributed by atoms with Gasteiger partial charge in [-0.1, -0.05) is 6.92 Å². The fourth-order valence-corrected chi connectivity index (χ4v) is 4.45. The Morgan fingerprint density at radius 1 is 1.24 bits per heavy atom. The monoisotopic (exact) mass is 414 g/mol. The number of amides is 1. The lowest BCUT2D eigenvalue weighted by Gasteiger charge is -2.12. The number of esters is 1. The molecule has 0 spiro atoms. The largest absolute Gasteiger partial charge is 0.462 e. The van der Waals surface area contributed by atoms with Gasteiger partial charge in [0, 0.05) is 23.1 Å². The van der Waals surface area contributed by atoms with Crippen molar-refractivity contribution in [2.75, 3.05) is 11.9 Å². The number of nitrogens with one attached hydrogen (secondary N) is 1. The maximum Gasteiger partial charge on any atom is 0.341 e. The predicted molar refractivity (Wildman–Crippen MR) is 112 cm³/mol. The Morgan fingerprint density at radius 3 is 2.66 bits per heavy atom. The van der Waals surface area contributed by atoms with Crippen molar-refractivity contribution in [1.82, 2.24) is 0 Å². The van der Waals surface area contributed by atoms with E-state index in [9.17, 15) is 19.7 Å². The molecule has 1 N–H and O–H groups in total. The smallest absolute Gasteiger partial charge is 0.341 e. The zero-order valence-corrected chi connectivity index (χ0v) is 16.9. The molecule has 0 aliphatic heterocycles. The van der Waals surface area contributed by atoms with Crippen LogP contribution < -0.4 is 5.32 Å². The highest BCUT2D eigenvalue weighted by atomic mass is 32.1. The Labute approximate surface area is 172 Å². The molecule has 1 aromatic heterocycles. The first-order valence-corrected chi connectivity index (χ1v) is 10.4. The Bertz CT molecular complexity index is 947. The van der Waals surface area contributed by atoms with Gasteiger partial charge in [0.05, 0.1) is 17.1 Å². The summed E-state index contributed by atoms with van der Waals surface area (Å²) >= 11 is 1.44. The van der Waals surface area contributed by atoms with E-state index in [-0.39, 0.29) is 17.6 Å². The van der Waals surface area contributed by atoms with Gasteiger partial charge in [0.2, 0.25) is 5.91 Å². The first-order chi connectivity index (χ1) is 14.0. The highest BCUT2D eigenvalue weighted by Gasteiger charge is 2.27. The molecule has 0 unspecified atom stereocenters. The van der Waals surface area contributed by atoms with Crippen molar-refractivity contribution < 1.29 is 19.2 Å². The van der Waals surface area contributed by atoms with E-state index in [0.29, 0.717) is 22.7 Å². The quantitative estimate of drug-likeness (QED) is 0.305. The lowest BCUT2D eigenvalue weighted by atomic mass is 9.95. The summed E-state index contributed by atoms with van der Waals surface area (Å²) in [5, 5.41) is 14.0. The van der Waals surface area contributed by atoms with Gasteiger partial charge in [0.1, 0.15) is 5.00 Å². The average Bonchev–Trinajstić information content (AvgIpc) is 3.08. The standard InChI is InChI=1S/C21H22N2O5S/c1-2-13-28-21(25)19-16-5-3-4-6-17(16)29-20(19)22-18(24)12-9-14-7-10-15(11-8-14)23(26)27/h7-12H,2-6,13H2,1H3,(H,22,24)/b12-9-. The molecule has 29 heavy (non-hydrogen) atoms. The van der Waals surface area contributed by atoms with Crippen molar-refractivity contribution in [3.05, 3.63) is 62.0 Å². The van der Waals surface area contributed by atoms with Crippen molar-refractivity contribution in [3.63, 3.8) is 0 Å². The van der Waals surface area contributed by atoms with E-state index < -0.39 is 4.92 Å². The van der Waals surface area contributed by atoms with Crippen LogP contribution in [0.2, 0.25) is 0 Å². The van der Waals surface area contributed by atoms with Crippen LogP contribution >= 0.6 is 11.3 Å². The Kier molecular flexibility index (Phi) is 6.77. The van der Waals surface area contributed by atoms with Crippen LogP contribution in [-0.2, 0) is 22.4 Å². The van der Waals surface area contributed by atoms with Crippen molar-refractivity contribution in [3.8, 4) is 0 Å². The van der Waals surface area contributed by atoms with Gasteiger partial charge in [-0.2, -0.15) is 0 Å². The number of thiophene rings is 1. The number of hydrogen-bond acceptors (Lipinski definition) is 6. The molecule has 8 heteroatoms. The molecular weight excluding hydrogens is 392 g/mol. The summed E-state index contributed by atoms with van der Waals surface area (Å²) in [5.41, 5.74) is 2.14. The molecule has 1 aliphatic rings.